The Morgan fingerprint density at radius 2 is 1.92 bits per heavy atom. The molecule has 1 aromatic heterocycles. The molecule has 3 rings (SSSR count). The lowest BCUT2D eigenvalue weighted by Crippen LogP contribution is -2.33. The van der Waals surface area contributed by atoms with Crippen LogP contribution in [0.1, 0.15) is 62.2 Å². The van der Waals surface area contributed by atoms with Crippen molar-refractivity contribution in [3.63, 3.8) is 0 Å². The van der Waals surface area contributed by atoms with Gasteiger partial charge in [-0.15, -0.1) is 0 Å². The van der Waals surface area contributed by atoms with Crippen molar-refractivity contribution in [3.8, 4) is 0 Å². The van der Waals surface area contributed by atoms with E-state index in [1.54, 1.807) is 10.8 Å². The molecule has 2 aliphatic rings. The van der Waals surface area contributed by atoms with Crippen LogP contribution in [0, 0.1) is 6.92 Å². The molecular formula is C18H26ClN3O3S. The minimum absolute atomic E-state index is 0.0686. The summed E-state index contributed by atoms with van der Waals surface area (Å²) >= 11 is 6.42. The van der Waals surface area contributed by atoms with Gasteiger partial charge >= 0.3 is 0 Å². The van der Waals surface area contributed by atoms with Gasteiger partial charge in [-0.1, -0.05) is 37.3 Å². The standard InChI is InChI=1S/C18H26ClN3O3S/c1-13-16(8-9-17(23)20-14-6-4-2-3-5-7-14)18(19)22(21-13)15-10-11-26(24,25)12-15/h8-9,14-15H,2-7,10-12H2,1H3,(H,20,23)/b9-8+/t15-/m0/s1. The van der Waals surface area contributed by atoms with Crippen molar-refractivity contribution in [1.82, 2.24) is 15.1 Å². The first-order chi connectivity index (χ1) is 12.4. The molecule has 8 heteroatoms. The minimum Gasteiger partial charge on any atom is -0.350 e. The Hall–Kier alpha value is -1.34. The molecular weight excluding hydrogens is 374 g/mol. The van der Waals surface area contributed by atoms with Crippen LogP contribution in [0.4, 0.5) is 0 Å². The highest BCUT2D eigenvalue weighted by molar-refractivity contribution is 7.91. The number of nitrogens with one attached hydrogen (secondary N) is 1. The molecule has 1 aromatic rings. The lowest BCUT2D eigenvalue weighted by Gasteiger charge is -2.14. The number of sulfone groups is 1. The Labute approximate surface area is 159 Å². The molecule has 1 N–H and O–H groups in total. The number of carbonyl (C=O) groups is 1. The average molecular weight is 400 g/mol. The predicted molar refractivity (Wildman–Crippen MR) is 103 cm³/mol. The summed E-state index contributed by atoms with van der Waals surface area (Å²) in [6.07, 6.45) is 10.6. The summed E-state index contributed by atoms with van der Waals surface area (Å²) in [5.41, 5.74) is 1.37. The van der Waals surface area contributed by atoms with E-state index in [1.807, 2.05) is 6.92 Å². The second-order valence-corrected chi connectivity index (χ2v) is 9.91. The monoisotopic (exact) mass is 399 g/mol. The van der Waals surface area contributed by atoms with Crippen molar-refractivity contribution < 1.29 is 13.2 Å². The zero-order valence-electron chi connectivity index (χ0n) is 15.1. The van der Waals surface area contributed by atoms with Crippen LogP contribution in [0.15, 0.2) is 6.08 Å². The summed E-state index contributed by atoms with van der Waals surface area (Å²) in [6, 6.07) is 0.0193. The van der Waals surface area contributed by atoms with Crippen LogP contribution in [0.2, 0.25) is 5.15 Å². The van der Waals surface area contributed by atoms with Gasteiger partial charge in [0, 0.05) is 17.7 Å². The Bertz CT molecular complexity index is 793. The van der Waals surface area contributed by atoms with Crippen molar-refractivity contribution in [2.75, 3.05) is 11.5 Å². The van der Waals surface area contributed by atoms with Gasteiger partial charge in [0.05, 0.1) is 23.2 Å². The maximum Gasteiger partial charge on any atom is 0.244 e. The van der Waals surface area contributed by atoms with E-state index in [9.17, 15) is 13.2 Å². The van der Waals surface area contributed by atoms with Crippen LogP contribution in [0.5, 0.6) is 0 Å². The number of carbonyl (C=O) groups excluding carboxylic acids is 1. The number of nitrogens with zero attached hydrogens (tertiary/aromatic N) is 2. The van der Waals surface area contributed by atoms with Crippen LogP contribution in [-0.4, -0.2) is 41.7 Å². The molecule has 1 saturated heterocycles. The fourth-order valence-electron chi connectivity index (χ4n) is 3.76. The van der Waals surface area contributed by atoms with E-state index in [4.69, 9.17) is 11.6 Å². The van der Waals surface area contributed by atoms with Gasteiger partial charge in [-0.3, -0.25) is 4.79 Å². The maximum absolute atomic E-state index is 12.2. The van der Waals surface area contributed by atoms with Gasteiger partial charge in [-0.25, -0.2) is 13.1 Å². The third-order valence-corrected chi connectivity index (χ3v) is 7.36. The van der Waals surface area contributed by atoms with Gasteiger partial charge in [0.15, 0.2) is 9.84 Å². The molecule has 1 atom stereocenters. The van der Waals surface area contributed by atoms with Crippen molar-refractivity contribution in [2.24, 2.45) is 0 Å². The maximum atomic E-state index is 12.2. The van der Waals surface area contributed by atoms with E-state index in [0.717, 1.165) is 25.7 Å². The molecule has 1 amide bonds. The van der Waals surface area contributed by atoms with Crippen LogP contribution >= 0.6 is 11.6 Å². The Kier molecular flexibility index (Phi) is 6.07. The van der Waals surface area contributed by atoms with E-state index in [1.165, 1.54) is 18.9 Å². The number of hydrogen-bond acceptors (Lipinski definition) is 4. The quantitative estimate of drug-likeness (QED) is 0.623. The predicted octanol–water partition coefficient (Wildman–Crippen LogP) is 3.06. The molecule has 0 unspecified atom stereocenters. The van der Waals surface area contributed by atoms with Gasteiger partial charge < -0.3 is 5.32 Å². The smallest absolute Gasteiger partial charge is 0.244 e. The molecule has 1 saturated carbocycles. The molecule has 0 bridgehead atoms. The Morgan fingerprint density at radius 1 is 1.23 bits per heavy atom. The second kappa shape index (κ2) is 8.13. The molecule has 0 aromatic carbocycles. The zero-order chi connectivity index (χ0) is 18.7. The number of halogens is 1. The minimum atomic E-state index is -3.01. The van der Waals surface area contributed by atoms with Gasteiger partial charge in [-0.05, 0) is 32.3 Å². The van der Waals surface area contributed by atoms with E-state index in [2.05, 4.69) is 10.4 Å². The summed E-state index contributed by atoms with van der Waals surface area (Å²) in [4.78, 5) is 12.2. The highest BCUT2D eigenvalue weighted by Gasteiger charge is 2.31. The largest absolute Gasteiger partial charge is 0.350 e. The van der Waals surface area contributed by atoms with Crippen LogP contribution < -0.4 is 5.32 Å². The number of aromatic nitrogens is 2. The first-order valence-corrected chi connectivity index (χ1v) is 11.5. The average Bonchev–Trinajstić information content (AvgIpc) is 2.94. The highest BCUT2D eigenvalue weighted by Crippen LogP contribution is 2.30. The summed E-state index contributed by atoms with van der Waals surface area (Å²) in [6.45, 7) is 1.81. The van der Waals surface area contributed by atoms with Crippen LogP contribution in [0.25, 0.3) is 6.08 Å². The third-order valence-electron chi connectivity index (χ3n) is 5.23. The normalized spacial score (nSPS) is 24.0. The molecule has 1 aliphatic carbocycles. The SMILES string of the molecule is Cc1nn([C@H]2CCS(=O)(=O)C2)c(Cl)c1/C=C/C(=O)NC1CCCCCC1. The number of amides is 1. The molecule has 1 aliphatic heterocycles. The molecule has 0 radical (unpaired) electrons. The fraction of sp³-hybridized carbons (Fsp3) is 0.667. The van der Waals surface area contributed by atoms with Gasteiger partial charge in [0.25, 0.3) is 0 Å². The number of hydrogen-bond donors (Lipinski definition) is 1. The molecule has 144 valence electrons. The van der Waals surface area contributed by atoms with Crippen molar-refractivity contribution >= 4 is 33.4 Å². The van der Waals surface area contributed by atoms with Crippen LogP contribution in [0.3, 0.4) is 0 Å². The molecule has 0 spiro atoms. The van der Waals surface area contributed by atoms with Crippen molar-refractivity contribution in [1.29, 1.82) is 0 Å². The summed E-state index contributed by atoms with van der Waals surface area (Å²) in [5, 5.41) is 7.86. The van der Waals surface area contributed by atoms with Crippen molar-refractivity contribution in [2.45, 2.75) is 64.0 Å². The van der Waals surface area contributed by atoms with E-state index in [-0.39, 0.29) is 29.5 Å². The molecule has 2 heterocycles. The third kappa shape index (κ3) is 4.68. The van der Waals surface area contributed by atoms with Crippen molar-refractivity contribution in [3.05, 3.63) is 22.5 Å². The van der Waals surface area contributed by atoms with Gasteiger partial charge in [-0.2, -0.15) is 5.10 Å². The lowest BCUT2D eigenvalue weighted by molar-refractivity contribution is -0.117. The summed E-state index contributed by atoms with van der Waals surface area (Å²) < 4.78 is 25.0. The number of aryl methyl sites for hydroxylation is 1. The summed E-state index contributed by atoms with van der Waals surface area (Å²) in [5.74, 6) is 0.115. The highest BCUT2D eigenvalue weighted by atomic mass is 35.5. The van der Waals surface area contributed by atoms with E-state index >= 15 is 0 Å². The fourth-order valence-corrected chi connectivity index (χ4v) is 5.83. The molecule has 2 fully saturated rings. The lowest BCUT2D eigenvalue weighted by atomic mass is 10.1. The second-order valence-electron chi connectivity index (χ2n) is 7.32. The van der Waals surface area contributed by atoms with Crippen LogP contribution in [-0.2, 0) is 14.6 Å². The topological polar surface area (TPSA) is 81.1 Å². The molecule has 26 heavy (non-hydrogen) atoms. The van der Waals surface area contributed by atoms with Gasteiger partial charge in [0.1, 0.15) is 5.15 Å². The first-order valence-electron chi connectivity index (χ1n) is 9.29. The zero-order valence-corrected chi connectivity index (χ0v) is 16.7. The van der Waals surface area contributed by atoms with Gasteiger partial charge in [0.2, 0.25) is 5.91 Å². The molecule has 6 nitrogen and oxygen atoms in total. The van der Waals surface area contributed by atoms with E-state index < -0.39 is 9.84 Å². The Morgan fingerprint density at radius 3 is 2.54 bits per heavy atom. The first kappa shape index (κ1) is 19.4. The Balaban J connectivity index is 1.67. The number of rotatable bonds is 4. The van der Waals surface area contributed by atoms with E-state index in [0.29, 0.717) is 22.8 Å². The summed E-state index contributed by atoms with van der Waals surface area (Å²) in [7, 11) is -3.01.